The maximum absolute atomic E-state index is 12.3. The van der Waals surface area contributed by atoms with Crippen molar-refractivity contribution in [2.45, 2.75) is 37.2 Å². The van der Waals surface area contributed by atoms with E-state index in [-0.39, 0.29) is 11.6 Å². The van der Waals surface area contributed by atoms with E-state index < -0.39 is 29.8 Å². The predicted octanol–water partition coefficient (Wildman–Crippen LogP) is 1.55. The number of fused-ring (bicyclic) bond motifs is 1. The van der Waals surface area contributed by atoms with Crippen LogP contribution in [0.5, 0.6) is 0 Å². The van der Waals surface area contributed by atoms with E-state index in [4.69, 9.17) is 16.3 Å². The van der Waals surface area contributed by atoms with Gasteiger partial charge in [0.1, 0.15) is 30.2 Å². The van der Waals surface area contributed by atoms with E-state index in [1.807, 2.05) is 0 Å². The number of esters is 1. The fourth-order valence-electron chi connectivity index (χ4n) is 3.53. The largest absolute Gasteiger partial charge is 0.456 e. The number of aliphatic hydroxyl groups is 2. The molecule has 140 valence electrons. The SMILES string of the molecule is C[C@@]1(n2cnc3c(Cl)ncnc32)C[C@H](OC(=O)c2ccccc2)[C@@H](O)[C@H]1O. The molecule has 2 heterocycles. The fraction of sp³-hybridized carbons (Fsp3) is 0.333. The quantitative estimate of drug-likeness (QED) is 0.517. The summed E-state index contributed by atoms with van der Waals surface area (Å²) >= 11 is 6.04. The van der Waals surface area contributed by atoms with Crippen LogP contribution in [0.2, 0.25) is 5.15 Å². The summed E-state index contributed by atoms with van der Waals surface area (Å²) in [5.74, 6) is -0.558. The van der Waals surface area contributed by atoms with E-state index >= 15 is 0 Å². The maximum Gasteiger partial charge on any atom is 0.338 e. The molecule has 0 aliphatic heterocycles. The standard InChI is InChI=1S/C18H17ClN4O4/c1-18(23-9-22-12-15(19)20-8-21-16(12)23)7-11(13(24)14(18)25)27-17(26)10-5-3-2-4-6-10/h2-6,8-9,11,13-14,24-25H,7H2,1H3/t11-,13+,14+,18+/m0/s1. The highest BCUT2D eigenvalue weighted by Gasteiger charge is 2.53. The average Bonchev–Trinajstić information content (AvgIpc) is 3.20. The maximum atomic E-state index is 12.3. The molecule has 4 atom stereocenters. The van der Waals surface area contributed by atoms with Crippen molar-refractivity contribution < 1.29 is 19.7 Å². The molecule has 3 aromatic rings. The zero-order valence-electron chi connectivity index (χ0n) is 14.4. The van der Waals surface area contributed by atoms with Crippen molar-refractivity contribution in [3.63, 3.8) is 0 Å². The molecule has 0 radical (unpaired) electrons. The number of carbonyl (C=O) groups excluding carboxylic acids is 1. The molecule has 4 rings (SSSR count). The lowest BCUT2D eigenvalue weighted by Crippen LogP contribution is -2.42. The Morgan fingerprint density at radius 1 is 1.26 bits per heavy atom. The Labute approximate surface area is 159 Å². The third-order valence-electron chi connectivity index (χ3n) is 5.06. The van der Waals surface area contributed by atoms with Gasteiger partial charge in [0.15, 0.2) is 10.8 Å². The summed E-state index contributed by atoms with van der Waals surface area (Å²) in [6, 6.07) is 8.49. The molecular weight excluding hydrogens is 372 g/mol. The lowest BCUT2D eigenvalue weighted by molar-refractivity contribution is -0.0473. The van der Waals surface area contributed by atoms with Crippen molar-refractivity contribution in [1.82, 2.24) is 19.5 Å². The third-order valence-corrected chi connectivity index (χ3v) is 5.34. The van der Waals surface area contributed by atoms with E-state index in [1.54, 1.807) is 41.8 Å². The van der Waals surface area contributed by atoms with Gasteiger partial charge in [-0.1, -0.05) is 29.8 Å². The van der Waals surface area contributed by atoms with Gasteiger partial charge in [-0.25, -0.2) is 19.7 Å². The van der Waals surface area contributed by atoms with E-state index in [0.29, 0.717) is 16.7 Å². The van der Waals surface area contributed by atoms with Gasteiger partial charge in [-0.15, -0.1) is 0 Å². The van der Waals surface area contributed by atoms with Crippen LogP contribution < -0.4 is 0 Å². The summed E-state index contributed by atoms with van der Waals surface area (Å²) < 4.78 is 7.11. The first-order valence-electron chi connectivity index (χ1n) is 8.38. The zero-order valence-corrected chi connectivity index (χ0v) is 15.1. The van der Waals surface area contributed by atoms with E-state index in [2.05, 4.69) is 15.0 Å². The monoisotopic (exact) mass is 388 g/mol. The molecule has 0 amide bonds. The molecule has 1 aromatic carbocycles. The molecule has 1 saturated carbocycles. The second-order valence-corrected chi connectivity index (χ2v) is 7.12. The summed E-state index contributed by atoms with van der Waals surface area (Å²) in [5, 5.41) is 21.4. The number of imidazole rings is 1. The Kier molecular flexibility index (Phi) is 4.33. The minimum Gasteiger partial charge on any atom is -0.456 e. The first-order chi connectivity index (χ1) is 12.9. The third kappa shape index (κ3) is 2.86. The number of benzene rings is 1. The first kappa shape index (κ1) is 17.8. The lowest BCUT2D eigenvalue weighted by atomic mass is 9.97. The van der Waals surface area contributed by atoms with Crippen LogP contribution >= 0.6 is 11.6 Å². The summed E-state index contributed by atoms with van der Waals surface area (Å²) in [5.41, 5.74) is 0.207. The molecule has 0 bridgehead atoms. The van der Waals surface area contributed by atoms with Crippen molar-refractivity contribution >= 4 is 28.7 Å². The molecule has 2 N–H and O–H groups in total. The number of ether oxygens (including phenoxy) is 1. The van der Waals surface area contributed by atoms with Gasteiger partial charge in [-0.05, 0) is 19.1 Å². The number of halogens is 1. The Bertz CT molecular complexity index is 995. The molecule has 8 nitrogen and oxygen atoms in total. The van der Waals surface area contributed by atoms with Gasteiger partial charge < -0.3 is 19.5 Å². The van der Waals surface area contributed by atoms with Crippen LogP contribution in [-0.2, 0) is 10.3 Å². The van der Waals surface area contributed by atoms with Crippen LogP contribution in [0.3, 0.4) is 0 Å². The highest BCUT2D eigenvalue weighted by Crippen LogP contribution is 2.40. The molecule has 1 aliphatic carbocycles. The van der Waals surface area contributed by atoms with Crippen molar-refractivity contribution in [3.8, 4) is 0 Å². The smallest absolute Gasteiger partial charge is 0.338 e. The Hall–Kier alpha value is -2.55. The fourth-order valence-corrected chi connectivity index (χ4v) is 3.71. The minimum atomic E-state index is -1.25. The molecule has 0 spiro atoms. The number of aromatic nitrogens is 4. The van der Waals surface area contributed by atoms with E-state index in [9.17, 15) is 15.0 Å². The number of rotatable bonds is 3. The lowest BCUT2D eigenvalue weighted by Gasteiger charge is -2.30. The van der Waals surface area contributed by atoms with Gasteiger partial charge in [0.05, 0.1) is 17.4 Å². The normalized spacial score (nSPS) is 27.8. The summed E-state index contributed by atoms with van der Waals surface area (Å²) in [4.78, 5) is 24.6. The molecule has 27 heavy (non-hydrogen) atoms. The molecule has 0 unspecified atom stereocenters. The molecule has 1 aliphatic rings. The van der Waals surface area contributed by atoms with Crippen molar-refractivity contribution in [2.24, 2.45) is 0 Å². The Balaban J connectivity index is 1.64. The van der Waals surface area contributed by atoms with Crippen LogP contribution in [0.25, 0.3) is 11.2 Å². The molecule has 1 fully saturated rings. The number of hydrogen-bond donors (Lipinski definition) is 2. The second-order valence-electron chi connectivity index (χ2n) is 6.76. The van der Waals surface area contributed by atoms with Gasteiger partial charge in [0, 0.05) is 6.42 Å². The topological polar surface area (TPSA) is 110 Å². The van der Waals surface area contributed by atoms with Crippen molar-refractivity contribution in [2.75, 3.05) is 0 Å². The first-order valence-corrected chi connectivity index (χ1v) is 8.76. The van der Waals surface area contributed by atoms with Crippen molar-refractivity contribution in [1.29, 1.82) is 0 Å². The van der Waals surface area contributed by atoms with Gasteiger partial charge >= 0.3 is 5.97 Å². The minimum absolute atomic E-state index is 0.182. The Morgan fingerprint density at radius 3 is 2.74 bits per heavy atom. The van der Waals surface area contributed by atoms with Gasteiger partial charge in [0.2, 0.25) is 0 Å². The zero-order chi connectivity index (χ0) is 19.2. The van der Waals surface area contributed by atoms with Gasteiger partial charge in [0.25, 0.3) is 0 Å². The number of hydrogen-bond acceptors (Lipinski definition) is 7. The predicted molar refractivity (Wildman–Crippen MR) is 96.3 cm³/mol. The molecule has 9 heteroatoms. The molecule has 0 saturated heterocycles. The highest BCUT2D eigenvalue weighted by atomic mass is 35.5. The van der Waals surface area contributed by atoms with Gasteiger partial charge in [-0.3, -0.25) is 0 Å². The van der Waals surface area contributed by atoms with Crippen LogP contribution in [0.15, 0.2) is 43.0 Å². The summed E-state index contributed by atoms with van der Waals surface area (Å²) in [6.45, 7) is 1.74. The van der Waals surface area contributed by atoms with Crippen LogP contribution in [0.4, 0.5) is 0 Å². The van der Waals surface area contributed by atoms with Crippen LogP contribution in [0, 0.1) is 0 Å². The van der Waals surface area contributed by atoms with E-state index in [1.165, 1.54) is 12.7 Å². The second kappa shape index (κ2) is 6.56. The van der Waals surface area contributed by atoms with Crippen molar-refractivity contribution in [3.05, 3.63) is 53.7 Å². The molecule has 2 aromatic heterocycles. The number of carbonyl (C=O) groups is 1. The highest BCUT2D eigenvalue weighted by molar-refractivity contribution is 6.33. The average molecular weight is 389 g/mol. The van der Waals surface area contributed by atoms with Gasteiger partial charge in [-0.2, -0.15) is 0 Å². The summed E-state index contributed by atoms with van der Waals surface area (Å²) in [7, 11) is 0. The van der Waals surface area contributed by atoms with E-state index in [0.717, 1.165) is 0 Å². The molecular formula is C18H17ClN4O4. The number of nitrogens with zero attached hydrogens (tertiary/aromatic N) is 4. The Morgan fingerprint density at radius 2 is 2.00 bits per heavy atom. The summed E-state index contributed by atoms with van der Waals surface area (Å²) in [6.07, 6.45) is -0.359. The van der Waals surface area contributed by atoms with Crippen LogP contribution in [-0.4, -0.2) is 54.0 Å². The number of aliphatic hydroxyl groups excluding tert-OH is 2. The van der Waals surface area contributed by atoms with Crippen LogP contribution in [0.1, 0.15) is 23.7 Å².